The number of halogens is 1. The van der Waals surface area contributed by atoms with Crippen LogP contribution in [0.3, 0.4) is 0 Å². The minimum Gasteiger partial charge on any atom is -0.497 e. The first kappa shape index (κ1) is 19.1. The Morgan fingerprint density at radius 1 is 1.04 bits per heavy atom. The van der Waals surface area contributed by atoms with Gasteiger partial charge in [-0.05, 0) is 29.8 Å². The van der Waals surface area contributed by atoms with Crippen LogP contribution >= 0.6 is 11.6 Å². The van der Waals surface area contributed by atoms with Crippen LogP contribution in [-0.2, 0) is 4.79 Å². The molecule has 0 fully saturated rings. The number of nitrogens with one attached hydrogen (secondary N) is 1. The van der Waals surface area contributed by atoms with E-state index in [-0.39, 0.29) is 5.91 Å². The summed E-state index contributed by atoms with van der Waals surface area (Å²) in [6, 6.07) is 10.9. The normalized spacial score (nSPS) is 11.1. The summed E-state index contributed by atoms with van der Waals surface area (Å²) >= 11 is 6.15. The standard InChI is InChI=1S/C20H23ClNO3/c1-20(2,3)19(23)22-17-9-7-15(21)11-14(17)10-13-6-8-16(24-4)12-18(13)25-5/h6-12H,1-5H3,(H,22,23). The van der Waals surface area contributed by atoms with Gasteiger partial charge in [0.2, 0.25) is 5.91 Å². The number of rotatable bonds is 5. The molecule has 4 nitrogen and oxygen atoms in total. The fraction of sp³-hybridized carbons (Fsp3) is 0.300. The zero-order valence-electron chi connectivity index (χ0n) is 15.1. The van der Waals surface area contributed by atoms with Gasteiger partial charge in [-0.25, -0.2) is 0 Å². The van der Waals surface area contributed by atoms with Gasteiger partial charge in [0.05, 0.1) is 14.2 Å². The predicted octanol–water partition coefficient (Wildman–Crippen LogP) is 4.94. The van der Waals surface area contributed by atoms with Crippen LogP contribution in [0.15, 0.2) is 36.4 Å². The first-order valence-electron chi connectivity index (χ1n) is 7.92. The molecule has 1 N–H and O–H groups in total. The zero-order valence-corrected chi connectivity index (χ0v) is 15.9. The highest BCUT2D eigenvalue weighted by Gasteiger charge is 2.22. The lowest BCUT2D eigenvalue weighted by Crippen LogP contribution is -2.28. The Bertz CT molecular complexity index is 766. The van der Waals surface area contributed by atoms with Gasteiger partial charge >= 0.3 is 0 Å². The van der Waals surface area contributed by atoms with Crippen LogP contribution in [0.5, 0.6) is 11.5 Å². The second-order valence-corrected chi connectivity index (χ2v) is 7.12. The van der Waals surface area contributed by atoms with Gasteiger partial charge in [-0.3, -0.25) is 4.79 Å². The number of ether oxygens (including phenoxy) is 2. The van der Waals surface area contributed by atoms with Crippen molar-refractivity contribution in [1.82, 2.24) is 0 Å². The van der Waals surface area contributed by atoms with Crippen LogP contribution in [0.4, 0.5) is 5.69 Å². The van der Waals surface area contributed by atoms with E-state index in [0.717, 1.165) is 11.1 Å². The van der Waals surface area contributed by atoms with E-state index in [4.69, 9.17) is 21.1 Å². The van der Waals surface area contributed by atoms with E-state index in [1.54, 1.807) is 26.4 Å². The lowest BCUT2D eigenvalue weighted by molar-refractivity contribution is -0.123. The minimum atomic E-state index is -0.491. The molecule has 5 heteroatoms. The largest absolute Gasteiger partial charge is 0.497 e. The third-order valence-electron chi connectivity index (χ3n) is 3.69. The Labute approximate surface area is 154 Å². The van der Waals surface area contributed by atoms with Crippen LogP contribution in [0.25, 0.3) is 0 Å². The summed E-state index contributed by atoms with van der Waals surface area (Å²) in [4.78, 5) is 12.3. The first-order chi connectivity index (χ1) is 11.7. The molecule has 0 saturated carbocycles. The van der Waals surface area contributed by atoms with Gasteiger partial charge in [0.25, 0.3) is 0 Å². The minimum absolute atomic E-state index is 0.0637. The summed E-state index contributed by atoms with van der Waals surface area (Å²) in [7, 11) is 3.21. The molecule has 1 amide bonds. The maximum Gasteiger partial charge on any atom is 0.229 e. The molecule has 25 heavy (non-hydrogen) atoms. The van der Waals surface area contributed by atoms with Crippen LogP contribution in [-0.4, -0.2) is 20.1 Å². The van der Waals surface area contributed by atoms with Gasteiger partial charge in [0, 0.05) is 34.2 Å². The molecule has 0 aromatic heterocycles. The number of hydrogen-bond donors (Lipinski definition) is 1. The monoisotopic (exact) mass is 360 g/mol. The molecular weight excluding hydrogens is 338 g/mol. The highest BCUT2D eigenvalue weighted by Crippen LogP contribution is 2.32. The van der Waals surface area contributed by atoms with E-state index in [2.05, 4.69) is 5.32 Å². The highest BCUT2D eigenvalue weighted by molar-refractivity contribution is 6.30. The van der Waals surface area contributed by atoms with Gasteiger partial charge in [-0.2, -0.15) is 0 Å². The molecule has 2 rings (SSSR count). The van der Waals surface area contributed by atoms with Crippen molar-refractivity contribution in [2.45, 2.75) is 20.8 Å². The lowest BCUT2D eigenvalue weighted by Gasteiger charge is -2.20. The third-order valence-corrected chi connectivity index (χ3v) is 3.93. The van der Waals surface area contributed by atoms with Crippen molar-refractivity contribution in [3.63, 3.8) is 0 Å². The van der Waals surface area contributed by atoms with E-state index < -0.39 is 5.41 Å². The average molecular weight is 361 g/mol. The number of carbonyl (C=O) groups excluding carboxylic acids is 1. The van der Waals surface area contributed by atoms with Crippen molar-refractivity contribution in [3.8, 4) is 11.5 Å². The molecule has 0 unspecified atom stereocenters. The molecule has 2 aromatic rings. The van der Waals surface area contributed by atoms with Gasteiger partial charge in [-0.1, -0.05) is 38.4 Å². The number of hydrogen-bond acceptors (Lipinski definition) is 3. The smallest absolute Gasteiger partial charge is 0.229 e. The fourth-order valence-corrected chi connectivity index (χ4v) is 2.36. The Morgan fingerprint density at radius 3 is 2.36 bits per heavy atom. The van der Waals surface area contributed by atoms with E-state index in [1.807, 2.05) is 51.5 Å². The topological polar surface area (TPSA) is 47.6 Å². The molecule has 0 atom stereocenters. The fourth-order valence-electron chi connectivity index (χ4n) is 2.18. The van der Waals surface area contributed by atoms with Gasteiger partial charge < -0.3 is 14.8 Å². The highest BCUT2D eigenvalue weighted by atomic mass is 35.5. The molecule has 133 valence electrons. The van der Waals surface area contributed by atoms with Gasteiger partial charge in [-0.15, -0.1) is 0 Å². The van der Waals surface area contributed by atoms with Crippen LogP contribution in [0.1, 0.15) is 31.9 Å². The van der Waals surface area contributed by atoms with Crippen molar-refractivity contribution in [2.75, 3.05) is 19.5 Å². The van der Waals surface area contributed by atoms with Gasteiger partial charge in [0.15, 0.2) is 0 Å². The van der Waals surface area contributed by atoms with Gasteiger partial charge in [0.1, 0.15) is 11.5 Å². The maximum absolute atomic E-state index is 12.3. The number of methoxy groups -OCH3 is 2. The molecule has 0 aliphatic carbocycles. The van der Waals surface area contributed by atoms with Crippen molar-refractivity contribution in [1.29, 1.82) is 0 Å². The lowest BCUT2D eigenvalue weighted by atomic mass is 9.95. The molecule has 0 aliphatic heterocycles. The van der Waals surface area contributed by atoms with Crippen LogP contribution in [0.2, 0.25) is 5.02 Å². The summed E-state index contributed by atoms with van der Waals surface area (Å²) in [5.41, 5.74) is 1.86. The van der Waals surface area contributed by atoms with Crippen molar-refractivity contribution in [3.05, 3.63) is 59.0 Å². The zero-order chi connectivity index (χ0) is 18.6. The molecule has 0 saturated heterocycles. The molecule has 1 radical (unpaired) electrons. The van der Waals surface area contributed by atoms with Crippen molar-refractivity contribution < 1.29 is 14.3 Å². The third kappa shape index (κ3) is 4.89. The summed E-state index contributed by atoms with van der Waals surface area (Å²) in [5.74, 6) is 1.32. The van der Waals surface area contributed by atoms with Crippen LogP contribution in [0, 0.1) is 11.8 Å². The number of benzene rings is 2. The Hall–Kier alpha value is -2.20. The van der Waals surface area contributed by atoms with Crippen molar-refractivity contribution in [2.24, 2.45) is 5.41 Å². The van der Waals surface area contributed by atoms with E-state index in [9.17, 15) is 4.79 Å². The Morgan fingerprint density at radius 2 is 1.76 bits per heavy atom. The molecule has 0 aliphatic rings. The summed E-state index contributed by atoms with van der Waals surface area (Å²) in [6.45, 7) is 5.61. The SMILES string of the molecule is COc1ccc([CH]c2cc(Cl)ccc2NC(=O)C(C)(C)C)c(OC)c1. The molecule has 0 bridgehead atoms. The van der Waals surface area contributed by atoms with E-state index >= 15 is 0 Å². The van der Waals surface area contributed by atoms with E-state index in [0.29, 0.717) is 22.2 Å². The molecule has 0 heterocycles. The average Bonchev–Trinajstić information content (AvgIpc) is 2.56. The number of anilines is 1. The Kier molecular flexibility index (Phi) is 5.96. The summed E-state index contributed by atoms with van der Waals surface area (Å²) in [6.07, 6.45) is 1.92. The molecule has 2 aromatic carbocycles. The van der Waals surface area contributed by atoms with E-state index in [1.165, 1.54) is 0 Å². The van der Waals surface area contributed by atoms with Crippen LogP contribution < -0.4 is 14.8 Å². The quantitative estimate of drug-likeness (QED) is 0.821. The molecule has 0 spiro atoms. The summed E-state index contributed by atoms with van der Waals surface area (Å²) in [5, 5.41) is 3.55. The Balaban J connectivity index is 2.36. The molecular formula is C20H23ClNO3. The second kappa shape index (κ2) is 7.79. The number of carbonyl (C=O) groups is 1. The summed E-state index contributed by atoms with van der Waals surface area (Å²) < 4.78 is 10.7. The first-order valence-corrected chi connectivity index (χ1v) is 8.30. The number of amides is 1. The van der Waals surface area contributed by atoms with Crippen molar-refractivity contribution >= 4 is 23.2 Å². The predicted molar refractivity (Wildman–Crippen MR) is 102 cm³/mol. The maximum atomic E-state index is 12.3. The second-order valence-electron chi connectivity index (χ2n) is 6.69.